The highest BCUT2D eigenvalue weighted by Crippen LogP contribution is 2.29. The number of pyridine rings is 1. The lowest BCUT2D eigenvalue weighted by Crippen LogP contribution is -2.45. The molecule has 7 nitrogen and oxygen atoms in total. The average Bonchev–Trinajstić information content (AvgIpc) is 2.92. The molecule has 0 aliphatic carbocycles. The molecule has 0 atom stereocenters. The minimum Gasteiger partial charge on any atom is -0.452 e. The summed E-state index contributed by atoms with van der Waals surface area (Å²) >= 11 is 0. The van der Waals surface area contributed by atoms with Crippen LogP contribution in [0.5, 0.6) is 0 Å². The molecule has 0 unspecified atom stereocenters. The van der Waals surface area contributed by atoms with Crippen LogP contribution in [-0.2, 0) is 29.0 Å². The van der Waals surface area contributed by atoms with Gasteiger partial charge >= 0.3 is 5.97 Å². The number of aromatic nitrogens is 1. The van der Waals surface area contributed by atoms with Crippen LogP contribution in [0.25, 0.3) is 10.9 Å². The molecule has 0 saturated carbocycles. The number of likely N-dealkylation sites (tertiary alicyclic amines) is 1. The number of nitrogens with zero attached hydrogens (tertiary/aromatic N) is 3. The molecule has 0 bridgehead atoms. The molecule has 3 aromatic rings. The van der Waals surface area contributed by atoms with Crippen molar-refractivity contribution in [3.8, 4) is 0 Å². The van der Waals surface area contributed by atoms with Crippen molar-refractivity contribution in [1.82, 2.24) is 20.1 Å². The molecule has 2 aliphatic rings. The number of benzene rings is 2. The largest absolute Gasteiger partial charge is 0.452 e. The van der Waals surface area contributed by atoms with Gasteiger partial charge in [0.2, 0.25) is 0 Å². The molecule has 2 aliphatic heterocycles. The van der Waals surface area contributed by atoms with Gasteiger partial charge in [-0.05, 0) is 37.4 Å². The molecule has 0 radical (unpaired) electrons. The van der Waals surface area contributed by atoms with Crippen LogP contribution in [0, 0.1) is 0 Å². The number of carbonyl (C=O) groups excluding carboxylic acids is 2. The number of ether oxygens (including phenoxy) is 1. The molecule has 7 heteroatoms. The first-order valence-electron chi connectivity index (χ1n) is 13.5. The molecule has 3 heterocycles. The van der Waals surface area contributed by atoms with E-state index in [9.17, 15) is 9.59 Å². The third-order valence-corrected chi connectivity index (χ3v) is 7.41. The Bertz CT molecular complexity index is 1240. The molecule has 5 rings (SSSR count). The quantitative estimate of drug-likeness (QED) is 0.473. The number of esters is 1. The Kier molecular flexibility index (Phi) is 8.12. The van der Waals surface area contributed by atoms with Crippen LogP contribution < -0.4 is 5.32 Å². The van der Waals surface area contributed by atoms with Gasteiger partial charge in [-0.3, -0.25) is 19.6 Å². The zero-order valence-electron chi connectivity index (χ0n) is 21.6. The van der Waals surface area contributed by atoms with Crippen molar-refractivity contribution < 1.29 is 14.3 Å². The van der Waals surface area contributed by atoms with Gasteiger partial charge in [-0.1, -0.05) is 55.5 Å². The first kappa shape index (κ1) is 25.4. The monoisotopic (exact) mass is 500 g/mol. The molecule has 1 saturated heterocycles. The van der Waals surface area contributed by atoms with Crippen molar-refractivity contribution in [2.24, 2.45) is 0 Å². The van der Waals surface area contributed by atoms with Crippen molar-refractivity contribution in [2.75, 3.05) is 32.8 Å². The van der Waals surface area contributed by atoms with Gasteiger partial charge < -0.3 is 10.1 Å². The predicted octanol–water partition coefficient (Wildman–Crippen LogP) is 3.94. The van der Waals surface area contributed by atoms with Crippen molar-refractivity contribution in [3.05, 3.63) is 77.0 Å². The van der Waals surface area contributed by atoms with E-state index in [0.717, 1.165) is 80.6 Å². The van der Waals surface area contributed by atoms with Gasteiger partial charge in [-0.25, -0.2) is 4.79 Å². The summed E-state index contributed by atoms with van der Waals surface area (Å²) in [4.78, 5) is 35.6. The topological polar surface area (TPSA) is 74.8 Å². The summed E-state index contributed by atoms with van der Waals surface area (Å²) in [5.41, 5.74) is 4.56. The molecular weight excluding hydrogens is 464 g/mol. The number of hydrogen-bond acceptors (Lipinski definition) is 6. The SMILES string of the molecule is CCCN1CCc2nc3ccccc3c(C(=O)OCC(=O)NC3CCN(Cc4ccccc4)CC3)c2C1. The van der Waals surface area contributed by atoms with Gasteiger partial charge in [0.1, 0.15) is 0 Å². The Balaban J connectivity index is 1.19. The second kappa shape index (κ2) is 11.8. The molecule has 194 valence electrons. The van der Waals surface area contributed by atoms with Gasteiger partial charge in [0.25, 0.3) is 5.91 Å². The Morgan fingerprint density at radius 1 is 1.00 bits per heavy atom. The fraction of sp³-hybridized carbons (Fsp3) is 0.433. The summed E-state index contributed by atoms with van der Waals surface area (Å²) in [5, 5.41) is 3.86. The Labute approximate surface area is 218 Å². The Morgan fingerprint density at radius 3 is 2.54 bits per heavy atom. The Hall–Kier alpha value is -3.29. The number of carbonyl (C=O) groups is 2. The summed E-state index contributed by atoms with van der Waals surface area (Å²) < 4.78 is 5.59. The van der Waals surface area contributed by atoms with Crippen LogP contribution >= 0.6 is 0 Å². The fourth-order valence-electron chi connectivity index (χ4n) is 5.54. The second-order valence-electron chi connectivity index (χ2n) is 10.1. The molecule has 1 fully saturated rings. The van der Waals surface area contributed by atoms with Crippen molar-refractivity contribution >= 4 is 22.8 Å². The minimum absolute atomic E-state index is 0.107. The van der Waals surface area contributed by atoms with Gasteiger partial charge in [0, 0.05) is 61.8 Å². The van der Waals surface area contributed by atoms with E-state index in [1.165, 1.54) is 5.56 Å². The molecule has 2 aromatic carbocycles. The second-order valence-corrected chi connectivity index (χ2v) is 10.1. The smallest absolute Gasteiger partial charge is 0.339 e. The van der Waals surface area contributed by atoms with Crippen LogP contribution in [0.1, 0.15) is 53.4 Å². The normalized spacial score (nSPS) is 16.9. The van der Waals surface area contributed by atoms with Crippen LogP contribution in [0.4, 0.5) is 0 Å². The van der Waals surface area contributed by atoms with Crippen molar-refractivity contribution in [2.45, 2.75) is 51.7 Å². The van der Waals surface area contributed by atoms with E-state index in [-0.39, 0.29) is 18.6 Å². The molecule has 0 spiro atoms. The number of nitrogens with one attached hydrogen (secondary N) is 1. The van der Waals surface area contributed by atoms with Gasteiger partial charge in [-0.15, -0.1) is 0 Å². The minimum atomic E-state index is -0.443. The molecule has 1 amide bonds. The summed E-state index contributed by atoms with van der Waals surface area (Å²) in [5.74, 6) is -0.685. The Morgan fingerprint density at radius 2 is 1.76 bits per heavy atom. The van der Waals surface area contributed by atoms with E-state index in [2.05, 4.69) is 46.3 Å². The van der Waals surface area contributed by atoms with Crippen LogP contribution in [-0.4, -0.2) is 65.5 Å². The van der Waals surface area contributed by atoms with E-state index in [1.807, 2.05) is 30.3 Å². The lowest BCUT2D eigenvalue weighted by Gasteiger charge is -2.32. The number of para-hydroxylation sites is 1. The summed E-state index contributed by atoms with van der Waals surface area (Å²) in [6.07, 6.45) is 3.65. The van der Waals surface area contributed by atoms with Crippen LogP contribution in [0.2, 0.25) is 0 Å². The molecule has 37 heavy (non-hydrogen) atoms. The number of rotatable bonds is 8. The lowest BCUT2D eigenvalue weighted by atomic mass is 9.95. The summed E-state index contributed by atoms with van der Waals surface area (Å²) in [7, 11) is 0. The highest BCUT2D eigenvalue weighted by molar-refractivity contribution is 6.05. The third kappa shape index (κ3) is 6.17. The van der Waals surface area contributed by atoms with E-state index in [4.69, 9.17) is 9.72 Å². The first-order valence-corrected chi connectivity index (χ1v) is 13.5. The van der Waals surface area contributed by atoms with Crippen molar-refractivity contribution in [3.63, 3.8) is 0 Å². The summed E-state index contributed by atoms with van der Waals surface area (Å²) in [6.45, 7) is 7.28. The lowest BCUT2D eigenvalue weighted by molar-refractivity contribution is -0.125. The number of fused-ring (bicyclic) bond motifs is 2. The first-order chi connectivity index (χ1) is 18.1. The molecule has 1 N–H and O–H groups in total. The summed E-state index contributed by atoms with van der Waals surface area (Å²) in [6, 6.07) is 18.3. The highest BCUT2D eigenvalue weighted by Gasteiger charge is 2.27. The third-order valence-electron chi connectivity index (χ3n) is 7.41. The number of piperidine rings is 1. The van der Waals surface area contributed by atoms with Crippen molar-refractivity contribution in [1.29, 1.82) is 0 Å². The number of hydrogen-bond donors (Lipinski definition) is 1. The standard InChI is InChI=1S/C30H36N4O3/c1-2-15-33-18-14-27-25(20-33)29(24-10-6-7-11-26(24)32-27)30(36)37-21-28(35)31-23-12-16-34(17-13-23)19-22-8-4-3-5-9-22/h3-11,23H,2,12-21H2,1H3,(H,31,35). The zero-order valence-corrected chi connectivity index (χ0v) is 21.6. The highest BCUT2D eigenvalue weighted by atomic mass is 16.5. The van der Waals surface area contributed by atoms with Crippen LogP contribution in [0.15, 0.2) is 54.6 Å². The van der Waals surface area contributed by atoms with Gasteiger partial charge in [-0.2, -0.15) is 0 Å². The molecule has 1 aromatic heterocycles. The van der Waals surface area contributed by atoms with E-state index >= 15 is 0 Å². The fourth-order valence-corrected chi connectivity index (χ4v) is 5.54. The maximum absolute atomic E-state index is 13.4. The zero-order chi connectivity index (χ0) is 25.6. The van der Waals surface area contributed by atoms with E-state index < -0.39 is 5.97 Å². The van der Waals surface area contributed by atoms with E-state index in [0.29, 0.717) is 12.1 Å². The van der Waals surface area contributed by atoms with Crippen LogP contribution in [0.3, 0.4) is 0 Å². The van der Waals surface area contributed by atoms with Gasteiger partial charge in [0.05, 0.1) is 11.1 Å². The maximum atomic E-state index is 13.4. The molecular formula is C30H36N4O3. The number of amides is 1. The van der Waals surface area contributed by atoms with Gasteiger partial charge in [0.15, 0.2) is 6.61 Å². The maximum Gasteiger partial charge on any atom is 0.339 e. The average molecular weight is 501 g/mol. The predicted molar refractivity (Wildman–Crippen MR) is 144 cm³/mol. The van der Waals surface area contributed by atoms with E-state index in [1.54, 1.807) is 0 Å².